The van der Waals surface area contributed by atoms with Crippen molar-refractivity contribution < 1.29 is 0 Å². The summed E-state index contributed by atoms with van der Waals surface area (Å²) in [4.78, 5) is 22.9. The van der Waals surface area contributed by atoms with Crippen LogP contribution in [-0.4, -0.2) is 35.1 Å². The predicted molar refractivity (Wildman–Crippen MR) is 138 cm³/mol. The minimum atomic E-state index is -0.276. The molecule has 0 saturated heterocycles. The van der Waals surface area contributed by atoms with Gasteiger partial charge < -0.3 is 4.98 Å². The van der Waals surface area contributed by atoms with Crippen LogP contribution in [0.4, 0.5) is 0 Å². The van der Waals surface area contributed by atoms with Crippen molar-refractivity contribution in [3.8, 4) is 0 Å². The molecule has 0 saturated carbocycles. The number of fused-ring (bicyclic) bond motifs is 1. The number of nitrogens with zero attached hydrogens (tertiary/aromatic N) is 6. The smallest absolute Gasteiger partial charge is 0.252 e. The summed E-state index contributed by atoms with van der Waals surface area (Å²) in [6.45, 7) is 15.8. The number of H-pyrrole nitrogens is 1. The highest BCUT2D eigenvalue weighted by molar-refractivity contribution is 5.80. The van der Waals surface area contributed by atoms with Crippen LogP contribution in [0.2, 0.25) is 0 Å². The highest BCUT2D eigenvalue weighted by Crippen LogP contribution is 2.32. The Morgan fingerprint density at radius 2 is 1.83 bits per heavy atom. The molecule has 0 spiro atoms. The fourth-order valence-corrected chi connectivity index (χ4v) is 4.58. The topological polar surface area (TPSA) is 92.6 Å². The monoisotopic (exact) mass is 473 g/mol. The summed E-state index contributed by atoms with van der Waals surface area (Å²) in [5.41, 5.74) is 4.65. The third-order valence-corrected chi connectivity index (χ3v) is 6.44. The molecule has 0 aliphatic carbocycles. The summed E-state index contributed by atoms with van der Waals surface area (Å²) in [6.07, 6.45) is 3.64. The van der Waals surface area contributed by atoms with E-state index >= 15 is 0 Å². The molecule has 4 rings (SSSR count). The summed E-state index contributed by atoms with van der Waals surface area (Å²) in [5, 5.41) is 13.8. The van der Waals surface area contributed by atoms with Crippen LogP contribution in [0, 0.1) is 19.8 Å². The molecular weight excluding hydrogens is 438 g/mol. The molecule has 184 valence electrons. The summed E-state index contributed by atoms with van der Waals surface area (Å²) in [6, 6.07) is 10.1. The number of aromatic amines is 1. The van der Waals surface area contributed by atoms with Gasteiger partial charge in [-0.3, -0.25) is 14.7 Å². The van der Waals surface area contributed by atoms with Crippen molar-refractivity contribution in [3.05, 3.63) is 81.2 Å². The highest BCUT2D eigenvalue weighted by atomic mass is 16.1. The van der Waals surface area contributed by atoms with E-state index in [9.17, 15) is 4.79 Å². The Balaban J connectivity index is 1.81. The molecule has 0 fully saturated rings. The van der Waals surface area contributed by atoms with Gasteiger partial charge in [0.15, 0.2) is 5.82 Å². The maximum absolute atomic E-state index is 13.2. The van der Waals surface area contributed by atoms with Crippen molar-refractivity contribution >= 4 is 10.9 Å². The number of hydrogen-bond acceptors (Lipinski definition) is 6. The molecule has 0 aliphatic heterocycles. The van der Waals surface area contributed by atoms with Gasteiger partial charge in [-0.25, -0.2) is 4.68 Å². The first-order valence-corrected chi connectivity index (χ1v) is 12.1. The van der Waals surface area contributed by atoms with Crippen LogP contribution in [0.3, 0.4) is 0 Å². The molecule has 35 heavy (non-hydrogen) atoms. The first kappa shape index (κ1) is 24.7. The molecule has 1 atom stereocenters. The SMILES string of the molecule is Cc1cc2cc(CN(Cc3cccnc3)C(c3nnnn3C(C)(C)C)C(C)C)c(=O)[nH]c2cc1C. The van der Waals surface area contributed by atoms with Crippen LogP contribution in [0.25, 0.3) is 10.9 Å². The Hall–Kier alpha value is -3.39. The summed E-state index contributed by atoms with van der Waals surface area (Å²) >= 11 is 0. The average Bonchev–Trinajstić information content (AvgIpc) is 3.26. The minimum Gasteiger partial charge on any atom is -0.322 e. The molecule has 0 bridgehead atoms. The molecule has 3 heterocycles. The number of rotatable bonds is 7. The van der Waals surface area contributed by atoms with E-state index in [1.807, 2.05) is 29.1 Å². The first-order chi connectivity index (χ1) is 16.5. The van der Waals surface area contributed by atoms with Crippen LogP contribution in [0.5, 0.6) is 0 Å². The van der Waals surface area contributed by atoms with Gasteiger partial charge in [0.2, 0.25) is 0 Å². The number of benzene rings is 1. The van der Waals surface area contributed by atoms with Crippen molar-refractivity contribution in [2.24, 2.45) is 5.92 Å². The molecule has 0 radical (unpaired) electrons. The molecule has 3 aromatic heterocycles. The lowest BCUT2D eigenvalue weighted by Crippen LogP contribution is -2.37. The van der Waals surface area contributed by atoms with E-state index in [1.165, 1.54) is 5.56 Å². The van der Waals surface area contributed by atoms with Crippen LogP contribution in [0.15, 0.2) is 47.5 Å². The van der Waals surface area contributed by atoms with E-state index in [-0.39, 0.29) is 23.1 Å². The maximum atomic E-state index is 13.2. The normalized spacial score (nSPS) is 13.2. The lowest BCUT2D eigenvalue weighted by Gasteiger charge is -2.35. The molecule has 1 N–H and O–H groups in total. The van der Waals surface area contributed by atoms with Gasteiger partial charge in [0.1, 0.15) is 0 Å². The third-order valence-electron chi connectivity index (χ3n) is 6.44. The van der Waals surface area contributed by atoms with E-state index in [2.05, 4.69) is 91.0 Å². The van der Waals surface area contributed by atoms with Gasteiger partial charge in [-0.1, -0.05) is 19.9 Å². The lowest BCUT2D eigenvalue weighted by atomic mass is 9.98. The second kappa shape index (κ2) is 9.70. The fraction of sp³-hybridized carbons (Fsp3) is 0.444. The second-order valence-corrected chi connectivity index (χ2v) is 10.7. The van der Waals surface area contributed by atoms with E-state index in [0.717, 1.165) is 27.9 Å². The number of nitrogens with one attached hydrogen (secondary N) is 1. The third kappa shape index (κ3) is 5.32. The number of pyridine rings is 2. The molecule has 0 aliphatic rings. The number of aryl methyl sites for hydroxylation is 2. The number of tetrazole rings is 1. The zero-order valence-corrected chi connectivity index (χ0v) is 21.7. The van der Waals surface area contributed by atoms with Crippen molar-refractivity contribution in [3.63, 3.8) is 0 Å². The van der Waals surface area contributed by atoms with Gasteiger partial charge in [-0.05, 0) is 97.3 Å². The van der Waals surface area contributed by atoms with Crippen LogP contribution < -0.4 is 5.56 Å². The quantitative estimate of drug-likeness (QED) is 0.419. The van der Waals surface area contributed by atoms with Crippen molar-refractivity contribution in [2.45, 2.75) is 73.1 Å². The zero-order chi connectivity index (χ0) is 25.3. The Morgan fingerprint density at radius 3 is 2.49 bits per heavy atom. The van der Waals surface area contributed by atoms with E-state index in [0.29, 0.717) is 18.7 Å². The van der Waals surface area contributed by atoms with Gasteiger partial charge >= 0.3 is 0 Å². The fourth-order valence-electron chi connectivity index (χ4n) is 4.58. The van der Waals surface area contributed by atoms with E-state index in [4.69, 9.17) is 0 Å². The van der Waals surface area contributed by atoms with Crippen molar-refractivity contribution in [1.29, 1.82) is 0 Å². The number of hydrogen-bond donors (Lipinski definition) is 1. The van der Waals surface area contributed by atoms with Gasteiger partial charge in [-0.2, -0.15) is 0 Å². The van der Waals surface area contributed by atoms with Gasteiger partial charge in [0.25, 0.3) is 5.56 Å². The minimum absolute atomic E-state index is 0.0742. The van der Waals surface area contributed by atoms with Crippen LogP contribution >= 0.6 is 0 Å². The number of aromatic nitrogens is 6. The molecule has 0 amide bonds. The van der Waals surface area contributed by atoms with Gasteiger partial charge in [-0.15, -0.1) is 5.10 Å². The highest BCUT2D eigenvalue weighted by Gasteiger charge is 2.33. The molecule has 8 heteroatoms. The maximum Gasteiger partial charge on any atom is 0.252 e. The predicted octanol–water partition coefficient (Wildman–Crippen LogP) is 4.68. The summed E-state index contributed by atoms with van der Waals surface area (Å²) in [5.74, 6) is 0.989. The van der Waals surface area contributed by atoms with Crippen LogP contribution in [0.1, 0.15) is 68.7 Å². The zero-order valence-electron chi connectivity index (χ0n) is 21.7. The molecule has 4 aromatic rings. The Kier molecular flexibility index (Phi) is 6.85. The summed E-state index contributed by atoms with van der Waals surface area (Å²) in [7, 11) is 0. The standard InChI is InChI=1S/C27H35N7O/c1-17(2)24(25-30-31-32-34(25)27(5,6)7)33(15-20-9-8-10-28-14-20)16-22-13-21-11-18(3)19(4)12-23(21)29-26(22)35/h8-14,17,24H,15-16H2,1-7H3,(H,29,35). The molecule has 1 unspecified atom stereocenters. The van der Waals surface area contributed by atoms with Gasteiger partial charge in [0, 0.05) is 36.6 Å². The molecule has 1 aromatic carbocycles. The second-order valence-electron chi connectivity index (χ2n) is 10.7. The van der Waals surface area contributed by atoms with Crippen molar-refractivity contribution in [2.75, 3.05) is 0 Å². The van der Waals surface area contributed by atoms with Crippen LogP contribution in [-0.2, 0) is 18.6 Å². The first-order valence-electron chi connectivity index (χ1n) is 12.1. The largest absolute Gasteiger partial charge is 0.322 e. The van der Waals surface area contributed by atoms with E-state index < -0.39 is 0 Å². The lowest BCUT2D eigenvalue weighted by molar-refractivity contribution is 0.119. The summed E-state index contributed by atoms with van der Waals surface area (Å²) < 4.78 is 1.89. The Labute approximate surface area is 206 Å². The average molecular weight is 474 g/mol. The molecular formula is C27H35N7O. The van der Waals surface area contributed by atoms with Gasteiger partial charge in [0.05, 0.1) is 11.6 Å². The van der Waals surface area contributed by atoms with E-state index in [1.54, 1.807) is 6.20 Å². The Bertz CT molecular complexity index is 1370. The Morgan fingerprint density at radius 1 is 1.09 bits per heavy atom. The van der Waals surface area contributed by atoms with Crippen molar-refractivity contribution in [1.82, 2.24) is 35.1 Å². The molecule has 8 nitrogen and oxygen atoms in total.